The number of halogens is 2. The number of hydrogen-bond donors (Lipinski definition) is 2. The number of benzene rings is 1. The van der Waals surface area contributed by atoms with Gasteiger partial charge in [0.05, 0.1) is 23.6 Å². The molecular weight excluding hydrogens is 412 g/mol. The van der Waals surface area contributed by atoms with Gasteiger partial charge in [-0.25, -0.2) is 23.7 Å². The molecule has 0 atom stereocenters. The van der Waals surface area contributed by atoms with Crippen LogP contribution in [-0.2, 0) is 6.42 Å². The molecule has 9 heteroatoms. The molecule has 32 heavy (non-hydrogen) atoms. The SMILES string of the molecule is C=C(C)c1cnc2c(NCCc3c[nH]c4cc(F)cc(F)c34)nc(-n3ccnc3C)cn12. The molecule has 0 saturated carbocycles. The molecule has 7 nitrogen and oxygen atoms in total. The smallest absolute Gasteiger partial charge is 0.180 e. The Morgan fingerprint density at radius 2 is 2.09 bits per heavy atom. The number of allylic oxidation sites excluding steroid dienone is 1. The minimum absolute atomic E-state index is 0.402. The highest BCUT2D eigenvalue weighted by Gasteiger charge is 2.15. The first-order chi connectivity index (χ1) is 15.4. The molecule has 0 aliphatic rings. The standard InChI is InChI=1S/C23H21F2N7/c1-13(2)19-11-29-23-22(30-20(12-32(19)23)31-7-6-26-14(31)3)27-5-4-15-10-28-18-9-16(24)8-17(25)21(15)18/h6-12,28H,1,4-5H2,2-3H3,(H,27,30). The van der Waals surface area contributed by atoms with Crippen LogP contribution in [0.5, 0.6) is 0 Å². The van der Waals surface area contributed by atoms with E-state index in [4.69, 9.17) is 4.98 Å². The molecule has 0 fully saturated rings. The highest BCUT2D eigenvalue weighted by atomic mass is 19.1. The predicted octanol–water partition coefficient (Wildman–Crippen LogP) is 4.67. The molecule has 0 unspecified atom stereocenters. The van der Waals surface area contributed by atoms with Crippen molar-refractivity contribution in [3.63, 3.8) is 0 Å². The zero-order valence-electron chi connectivity index (χ0n) is 17.7. The largest absolute Gasteiger partial charge is 0.367 e. The fourth-order valence-electron chi connectivity index (χ4n) is 3.91. The number of nitrogens with one attached hydrogen (secondary N) is 2. The number of rotatable bonds is 6. The van der Waals surface area contributed by atoms with Crippen molar-refractivity contribution in [1.82, 2.24) is 28.9 Å². The molecule has 0 bridgehead atoms. The zero-order chi connectivity index (χ0) is 22.4. The molecular formula is C23H21F2N7. The second-order valence-electron chi connectivity index (χ2n) is 7.71. The average Bonchev–Trinajstić information content (AvgIpc) is 3.45. The maximum absolute atomic E-state index is 14.3. The molecule has 4 aromatic heterocycles. The predicted molar refractivity (Wildman–Crippen MR) is 120 cm³/mol. The summed E-state index contributed by atoms with van der Waals surface area (Å²) in [6.07, 6.45) is 9.44. The van der Waals surface area contributed by atoms with Gasteiger partial charge in [0, 0.05) is 36.6 Å². The van der Waals surface area contributed by atoms with Crippen LogP contribution in [0.1, 0.15) is 24.0 Å². The highest BCUT2D eigenvalue weighted by Crippen LogP contribution is 2.25. The zero-order valence-corrected chi connectivity index (χ0v) is 17.7. The Bertz CT molecular complexity index is 1470. The number of aryl methyl sites for hydroxylation is 1. The molecule has 0 spiro atoms. The summed E-state index contributed by atoms with van der Waals surface area (Å²) >= 11 is 0. The van der Waals surface area contributed by atoms with Crippen LogP contribution < -0.4 is 5.32 Å². The van der Waals surface area contributed by atoms with Crippen molar-refractivity contribution in [1.29, 1.82) is 0 Å². The number of H-pyrrole nitrogens is 1. The van der Waals surface area contributed by atoms with Gasteiger partial charge >= 0.3 is 0 Å². The highest BCUT2D eigenvalue weighted by molar-refractivity contribution is 5.84. The molecule has 0 saturated heterocycles. The van der Waals surface area contributed by atoms with Gasteiger partial charge < -0.3 is 10.3 Å². The first-order valence-electron chi connectivity index (χ1n) is 10.2. The summed E-state index contributed by atoms with van der Waals surface area (Å²) in [4.78, 5) is 16.5. The summed E-state index contributed by atoms with van der Waals surface area (Å²) in [5.74, 6) is 0.904. The lowest BCUT2D eigenvalue weighted by molar-refractivity contribution is 0.591. The molecule has 2 N–H and O–H groups in total. The number of aromatic amines is 1. The molecule has 0 aliphatic heterocycles. The van der Waals surface area contributed by atoms with Gasteiger partial charge in [-0.1, -0.05) is 6.58 Å². The van der Waals surface area contributed by atoms with E-state index < -0.39 is 11.6 Å². The van der Waals surface area contributed by atoms with Crippen LogP contribution in [0.2, 0.25) is 0 Å². The van der Waals surface area contributed by atoms with E-state index in [2.05, 4.69) is 26.8 Å². The van der Waals surface area contributed by atoms with E-state index in [1.165, 1.54) is 6.07 Å². The molecule has 5 rings (SSSR count). The van der Waals surface area contributed by atoms with Gasteiger partial charge in [-0.05, 0) is 37.5 Å². The molecule has 0 aliphatic carbocycles. The van der Waals surface area contributed by atoms with Crippen molar-refractivity contribution < 1.29 is 8.78 Å². The Morgan fingerprint density at radius 3 is 2.84 bits per heavy atom. The van der Waals surface area contributed by atoms with Crippen molar-refractivity contribution >= 4 is 27.9 Å². The number of fused-ring (bicyclic) bond motifs is 2. The fraction of sp³-hybridized carbons (Fsp3) is 0.174. The van der Waals surface area contributed by atoms with Crippen LogP contribution >= 0.6 is 0 Å². The van der Waals surface area contributed by atoms with Crippen molar-refractivity contribution in [2.45, 2.75) is 20.3 Å². The lowest BCUT2D eigenvalue weighted by Crippen LogP contribution is -2.11. The first kappa shape index (κ1) is 19.9. The average molecular weight is 433 g/mol. The van der Waals surface area contributed by atoms with Gasteiger partial charge in [0.2, 0.25) is 0 Å². The molecule has 162 valence electrons. The number of anilines is 1. The van der Waals surface area contributed by atoms with Crippen molar-refractivity contribution in [3.05, 3.63) is 78.4 Å². The van der Waals surface area contributed by atoms with Gasteiger partial charge in [-0.15, -0.1) is 0 Å². The van der Waals surface area contributed by atoms with Crippen molar-refractivity contribution in [3.8, 4) is 5.82 Å². The quantitative estimate of drug-likeness (QED) is 0.408. The third-order valence-electron chi connectivity index (χ3n) is 5.45. The summed E-state index contributed by atoms with van der Waals surface area (Å²) in [6, 6.07) is 2.19. The summed E-state index contributed by atoms with van der Waals surface area (Å²) in [6.45, 7) is 8.35. The van der Waals surface area contributed by atoms with Crippen LogP contribution in [0.15, 0.2) is 49.7 Å². The Morgan fingerprint density at radius 1 is 1.25 bits per heavy atom. The minimum Gasteiger partial charge on any atom is -0.367 e. The van der Waals surface area contributed by atoms with E-state index in [1.54, 1.807) is 18.6 Å². The van der Waals surface area contributed by atoms with Gasteiger partial charge in [-0.2, -0.15) is 0 Å². The molecule has 1 aromatic carbocycles. The van der Waals surface area contributed by atoms with E-state index >= 15 is 0 Å². The maximum Gasteiger partial charge on any atom is 0.180 e. The monoisotopic (exact) mass is 433 g/mol. The summed E-state index contributed by atoms with van der Waals surface area (Å²) in [7, 11) is 0. The van der Waals surface area contributed by atoms with E-state index in [1.807, 2.05) is 35.2 Å². The second kappa shape index (κ2) is 7.60. The minimum atomic E-state index is -0.604. The Balaban J connectivity index is 1.49. The lowest BCUT2D eigenvalue weighted by Gasteiger charge is -2.12. The molecule has 5 aromatic rings. The number of aromatic nitrogens is 6. The molecule has 4 heterocycles. The van der Waals surface area contributed by atoms with E-state index in [0.29, 0.717) is 41.2 Å². The van der Waals surface area contributed by atoms with Crippen LogP contribution in [0, 0.1) is 18.6 Å². The topological polar surface area (TPSA) is 75.8 Å². The van der Waals surface area contributed by atoms with Crippen LogP contribution in [-0.4, -0.2) is 35.4 Å². The number of nitrogens with zero attached hydrogens (tertiary/aromatic N) is 5. The Labute approximate surface area is 182 Å². The first-order valence-corrected chi connectivity index (χ1v) is 10.2. The van der Waals surface area contributed by atoms with E-state index in [9.17, 15) is 8.78 Å². The Hall–Kier alpha value is -4.01. The van der Waals surface area contributed by atoms with Crippen molar-refractivity contribution in [2.75, 3.05) is 11.9 Å². The van der Waals surface area contributed by atoms with Crippen LogP contribution in [0.4, 0.5) is 14.6 Å². The third kappa shape index (κ3) is 3.31. The maximum atomic E-state index is 14.3. The Kier molecular flexibility index (Phi) is 4.73. The van der Waals surface area contributed by atoms with E-state index in [-0.39, 0.29) is 0 Å². The van der Waals surface area contributed by atoms with Crippen LogP contribution in [0.3, 0.4) is 0 Å². The van der Waals surface area contributed by atoms with Gasteiger partial charge in [0.25, 0.3) is 0 Å². The van der Waals surface area contributed by atoms with Gasteiger partial charge in [-0.3, -0.25) is 8.97 Å². The number of hydrogen-bond acceptors (Lipinski definition) is 4. The van der Waals surface area contributed by atoms with E-state index in [0.717, 1.165) is 28.7 Å². The second-order valence-corrected chi connectivity index (χ2v) is 7.71. The van der Waals surface area contributed by atoms with Gasteiger partial charge in [0.1, 0.15) is 17.5 Å². The molecule has 0 radical (unpaired) electrons. The van der Waals surface area contributed by atoms with Gasteiger partial charge in [0.15, 0.2) is 17.3 Å². The third-order valence-corrected chi connectivity index (χ3v) is 5.45. The van der Waals surface area contributed by atoms with Crippen LogP contribution in [0.25, 0.3) is 27.9 Å². The fourth-order valence-corrected chi connectivity index (χ4v) is 3.91. The summed E-state index contributed by atoms with van der Waals surface area (Å²) in [5, 5.41) is 3.73. The molecule has 0 amide bonds. The lowest BCUT2D eigenvalue weighted by atomic mass is 10.1. The normalized spacial score (nSPS) is 11.5. The number of imidazole rings is 2. The summed E-state index contributed by atoms with van der Waals surface area (Å²) in [5.41, 5.74) is 3.62. The summed E-state index contributed by atoms with van der Waals surface area (Å²) < 4.78 is 31.6. The van der Waals surface area contributed by atoms with Crippen molar-refractivity contribution in [2.24, 2.45) is 0 Å².